The molecule has 3 nitrogen and oxygen atoms in total. The molecule has 1 N–H and O–H groups in total. The van der Waals surface area contributed by atoms with Crippen molar-refractivity contribution in [3.8, 4) is 0 Å². The number of nitrogens with one attached hydrogen (secondary N) is 1. The van der Waals surface area contributed by atoms with E-state index in [1.54, 1.807) is 0 Å². The minimum Gasteiger partial charge on any atom is -0.381 e. The fraction of sp³-hybridized carbons (Fsp3) is 0.667. The van der Waals surface area contributed by atoms with Crippen molar-refractivity contribution < 1.29 is 4.74 Å². The molecule has 3 heteroatoms. The van der Waals surface area contributed by atoms with E-state index in [1.165, 1.54) is 12.0 Å². The molecule has 1 fully saturated rings. The summed E-state index contributed by atoms with van der Waals surface area (Å²) in [5.41, 5.74) is 2.51. The van der Waals surface area contributed by atoms with Crippen LogP contribution in [0.3, 0.4) is 0 Å². The van der Waals surface area contributed by atoms with Crippen molar-refractivity contribution in [3.05, 3.63) is 29.6 Å². The van der Waals surface area contributed by atoms with Crippen LogP contribution in [-0.2, 0) is 4.74 Å². The molecule has 0 radical (unpaired) electrons. The molecule has 0 amide bonds. The first-order valence-electron chi connectivity index (χ1n) is 7.05. The maximum atomic E-state index is 5.48. The van der Waals surface area contributed by atoms with Gasteiger partial charge < -0.3 is 10.1 Å². The number of aryl methyl sites for hydroxylation is 1. The third-order valence-corrected chi connectivity index (χ3v) is 3.73. The van der Waals surface area contributed by atoms with Gasteiger partial charge in [-0.3, -0.25) is 4.98 Å². The van der Waals surface area contributed by atoms with Crippen LogP contribution in [0.15, 0.2) is 18.3 Å². The number of nitrogens with zero attached hydrogens (tertiary/aromatic N) is 1. The van der Waals surface area contributed by atoms with Gasteiger partial charge >= 0.3 is 0 Å². The summed E-state index contributed by atoms with van der Waals surface area (Å²) in [5.74, 6) is 0.674. The standard InChI is InChI=1S/C15H24N2O/c1-3-8-17-15(13-6-10-18-11-7-13)14-5-4-9-16-12(14)2/h4-5,9,13,15,17H,3,6-8,10-11H2,1-2H3. The Morgan fingerprint density at radius 3 is 2.89 bits per heavy atom. The highest BCUT2D eigenvalue weighted by molar-refractivity contribution is 5.23. The summed E-state index contributed by atoms with van der Waals surface area (Å²) in [6.07, 6.45) is 5.34. The van der Waals surface area contributed by atoms with Crippen LogP contribution in [-0.4, -0.2) is 24.7 Å². The van der Waals surface area contributed by atoms with E-state index < -0.39 is 0 Å². The van der Waals surface area contributed by atoms with Gasteiger partial charge in [-0.05, 0) is 50.3 Å². The highest BCUT2D eigenvalue weighted by Gasteiger charge is 2.26. The van der Waals surface area contributed by atoms with Crippen molar-refractivity contribution in [1.29, 1.82) is 0 Å². The van der Waals surface area contributed by atoms with Crippen LogP contribution >= 0.6 is 0 Å². The monoisotopic (exact) mass is 248 g/mol. The van der Waals surface area contributed by atoms with Crippen molar-refractivity contribution in [3.63, 3.8) is 0 Å². The summed E-state index contributed by atoms with van der Waals surface area (Å²) in [7, 11) is 0. The lowest BCUT2D eigenvalue weighted by Crippen LogP contribution is -2.33. The minimum absolute atomic E-state index is 0.433. The molecule has 2 heterocycles. The molecule has 1 aromatic rings. The lowest BCUT2D eigenvalue weighted by molar-refractivity contribution is 0.0535. The summed E-state index contributed by atoms with van der Waals surface area (Å²) < 4.78 is 5.48. The van der Waals surface area contributed by atoms with Crippen molar-refractivity contribution in [2.24, 2.45) is 5.92 Å². The molecular formula is C15H24N2O. The average Bonchev–Trinajstić information content (AvgIpc) is 2.42. The van der Waals surface area contributed by atoms with Gasteiger partial charge in [-0.25, -0.2) is 0 Å². The summed E-state index contributed by atoms with van der Waals surface area (Å²) in [6, 6.07) is 4.69. The maximum absolute atomic E-state index is 5.48. The van der Waals surface area contributed by atoms with Crippen LogP contribution < -0.4 is 5.32 Å². The number of rotatable bonds is 5. The van der Waals surface area contributed by atoms with E-state index in [9.17, 15) is 0 Å². The van der Waals surface area contributed by atoms with Gasteiger partial charge in [0.1, 0.15) is 0 Å². The Morgan fingerprint density at radius 2 is 2.22 bits per heavy atom. The van der Waals surface area contributed by atoms with Gasteiger partial charge in [0.05, 0.1) is 0 Å². The quantitative estimate of drug-likeness (QED) is 0.870. The van der Waals surface area contributed by atoms with Gasteiger partial charge in [0.15, 0.2) is 0 Å². The fourth-order valence-corrected chi connectivity index (χ4v) is 2.70. The predicted octanol–water partition coefficient (Wildman–Crippen LogP) is 2.86. The van der Waals surface area contributed by atoms with Crippen molar-refractivity contribution in [1.82, 2.24) is 10.3 Å². The third kappa shape index (κ3) is 3.30. The first-order chi connectivity index (χ1) is 8.83. The van der Waals surface area contributed by atoms with E-state index in [-0.39, 0.29) is 0 Å². The zero-order valence-corrected chi connectivity index (χ0v) is 11.5. The number of ether oxygens (including phenoxy) is 1. The second-order valence-electron chi connectivity index (χ2n) is 5.06. The normalized spacial score (nSPS) is 18.8. The Hall–Kier alpha value is -0.930. The fourth-order valence-electron chi connectivity index (χ4n) is 2.70. The smallest absolute Gasteiger partial charge is 0.0469 e. The number of pyridine rings is 1. The molecule has 1 aliphatic heterocycles. The molecule has 0 bridgehead atoms. The lowest BCUT2D eigenvalue weighted by Gasteiger charge is -2.32. The van der Waals surface area contributed by atoms with Crippen LogP contribution in [0, 0.1) is 12.8 Å². The number of aromatic nitrogens is 1. The SMILES string of the molecule is CCCNC(c1cccnc1C)C1CCOCC1. The molecule has 0 aromatic carbocycles. The highest BCUT2D eigenvalue weighted by atomic mass is 16.5. The maximum Gasteiger partial charge on any atom is 0.0469 e. The van der Waals surface area contributed by atoms with E-state index in [2.05, 4.69) is 30.2 Å². The first-order valence-corrected chi connectivity index (χ1v) is 7.05. The molecule has 18 heavy (non-hydrogen) atoms. The van der Waals surface area contributed by atoms with Crippen molar-refractivity contribution >= 4 is 0 Å². The number of hydrogen-bond acceptors (Lipinski definition) is 3. The zero-order valence-electron chi connectivity index (χ0n) is 11.5. The van der Waals surface area contributed by atoms with Gasteiger partial charge in [-0.1, -0.05) is 13.0 Å². The van der Waals surface area contributed by atoms with Gasteiger partial charge in [0.25, 0.3) is 0 Å². The summed E-state index contributed by atoms with van der Waals surface area (Å²) in [4.78, 5) is 4.43. The van der Waals surface area contributed by atoms with E-state index in [0.29, 0.717) is 12.0 Å². The molecule has 100 valence electrons. The van der Waals surface area contributed by atoms with Crippen molar-refractivity contribution in [2.45, 2.75) is 39.2 Å². The molecule has 1 unspecified atom stereocenters. The Kier molecular flexibility index (Phi) is 5.14. The molecule has 0 saturated carbocycles. The van der Waals surface area contributed by atoms with Crippen LogP contribution in [0.5, 0.6) is 0 Å². The Morgan fingerprint density at radius 1 is 1.44 bits per heavy atom. The largest absolute Gasteiger partial charge is 0.381 e. The lowest BCUT2D eigenvalue weighted by atomic mass is 9.86. The second kappa shape index (κ2) is 6.86. The Labute approximate surface area is 110 Å². The molecule has 1 aromatic heterocycles. The zero-order chi connectivity index (χ0) is 12.8. The van der Waals surface area contributed by atoms with Crippen LogP contribution in [0.1, 0.15) is 43.5 Å². The van der Waals surface area contributed by atoms with Crippen molar-refractivity contribution in [2.75, 3.05) is 19.8 Å². The Bertz CT molecular complexity index is 361. The van der Waals surface area contributed by atoms with Crippen LogP contribution in [0.4, 0.5) is 0 Å². The van der Waals surface area contributed by atoms with Crippen LogP contribution in [0.25, 0.3) is 0 Å². The second-order valence-corrected chi connectivity index (χ2v) is 5.06. The van der Waals surface area contributed by atoms with E-state index in [1.807, 2.05) is 12.3 Å². The summed E-state index contributed by atoms with van der Waals surface area (Å²) >= 11 is 0. The predicted molar refractivity (Wildman–Crippen MR) is 73.6 cm³/mol. The number of hydrogen-bond donors (Lipinski definition) is 1. The Balaban J connectivity index is 2.15. The first kappa shape index (κ1) is 13.5. The third-order valence-electron chi connectivity index (χ3n) is 3.73. The van der Waals surface area contributed by atoms with Gasteiger partial charge in [-0.2, -0.15) is 0 Å². The van der Waals surface area contributed by atoms with Gasteiger partial charge in [0, 0.05) is 31.1 Å². The molecule has 1 saturated heterocycles. The summed E-state index contributed by atoms with van der Waals surface area (Å²) in [6.45, 7) is 7.18. The minimum atomic E-state index is 0.433. The van der Waals surface area contributed by atoms with E-state index >= 15 is 0 Å². The summed E-state index contributed by atoms with van der Waals surface area (Å²) in [5, 5.41) is 3.70. The molecule has 1 aliphatic rings. The molecule has 0 spiro atoms. The van der Waals surface area contributed by atoms with E-state index in [0.717, 1.165) is 38.3 Å². The molecule has 1 atom stereocenters. The van der Waals surface area contributed by atoms with E-state index in [4.69, 9.17) is 4.74 Å². The molecular weight excluding hydrogens is 224 g/mol. The topological polar surface area (TPSA) is 34.2 Å². The average molecular weight is 248 g/mol. The van der Waals surface area contributed by atoms with Gasteiger partial charge in [0.2, 0.25) is 0 Å². The molecule has 0 aliphatic carbocycles. The van der Waals surface area contributed by atoms with Crippen LogP contribution in [0.2, 0.25) is 0 Å². The molecule has 2 rings (SSSR count). The van der Waals surface area contributed by atoms with Gasteiger partial charge in [-0.15, -0.1) is 0 Å². The highest BCUT2D eigenvalue weighted by Crippen LogP contribution is 2.31.